The highest BCUT2D eigenvalue weighted by atomic mass is 35.5. The van der Waals surface area contributed by atoms with E-state index in [0.717, 1.165) is 31.7 Å². The highest BCUT2D eigenvalue weighted by Gasteiger charge is 2.89. The molecule has 2 aliphatic heterocycles. The number of anilines is 1. The van der Waals surface area contributed by atoms with Gasteiger partial charge in [-0.15, -0.1) is 0 Å². The number of fused-ring (bicyclic) bond motifs is 1. The van der Waals surface area contributed by atoms with Gasteiger partial charge in [-0.3, -0.25) is 9.05 Å². The standard InChI is InChI=1S/C50H65ClFN6O8P/c1-4-5-6-7-8-9-10-11-12-13-14-15-16-17-18-19-20-23-39(60-32-37-28-36(31-53)29-38(52)30-37)33-61-67(59,64-42-25-22-21-24-40(42)51)65-45-44-50(45)47(63-48(2,3)66-50)49(34-54,62-44)43-27-26-41-46(55)56-35-57-58(41)43/h21-22,24-30,35,39,44-45,47H,4-20,23,32-33H2,1-3H3,(H2,55,56,57)/t39-,44-,45?,47+,49+,50+,67?/m1/s1. The first-order chi connectivity index (χ1) is 32.4. The number of phosphoric ester groups is 1. The number of nitrogen functional groups attached to an aromatic ring is 1. The minimum Gasteiger partial charge on any atom is -0.402 e. The number of ether oxygens (including phenoxy) is 4. The average molecular weight is 964 g/mol. The Labute approximate surface area is 399 Å². The van der Waals surface area contributed by atoms with Gasteiger partial charge in [-0.05, 0) is 68.3 Å². The van der Waals surface area contributed by atoms with Crippen LogP contribution in [-0.4, -0.2) is 57.0 Å². The molecule has 2 saturated heterocycles. The molecule has 3 fully saturated rings. The number of hydrogen-bond acceptors (Lipinski definition) is 13. The fourth-order valence-electron chi connectivity index (χ4n) is 9.50. The molecule has 2 aromatic heterocycles. The van der Waals surface area contributed by atoms with Gasteiger partial charge in [0.15, 0.2) is 17.2 Å². The summed E-state index contributed by atoms with van der Waals surface area (Å²) in [5.41, 5.74) is 4.42. The second kappa shape index (κ2) is 23.0. The predicted molar refractivity (Wildman–Crippen MR) is 251 cm³/mol. The lowest BCUT2D eigenvalue weighted by atomic mass is 9.90. The Hall–Kier alpha value is -4.15. The quantitative estimate of drug-likeness (QED) is 0.0401. The highest BCUT2D eigenvalue weighted by molar-refractivity contribution is 7.49. The minimum atomic E-state index is -4.62. The van der Waals surface area contributed by atoms with E-state index in [1.165, 1.54) is 100 Å². The summed E-state index contributed by atoms with van der Waals surface area (Å²) in [4.78, 5) is 4.06. The van der Waals surface area contributed by atoms with Crippen LogP contribution in [-0.2, 0) is 44.8 Å². The Kier molecular flexibility index (Phi) is 17.4. The van der Waals surface area contributed by atoms with E-state index in [4.69, 9.17) is 49.9 Å². The number of benzene rings is 2. The monoisotopic (exact) mass is 962 g/mol. The lowest BCUT2D eigenvalue weighted by molar-refractivity contribution is -0.188. The topological polar surface area (TPSA) is 185 Å². The first kappa shape index (κ1) is 50.7. The van der Waals surface area contributed by atoms with Crippen molar-refractivity contribution in [1.82, 2.24) is 14.6 Å². The maximum absolute atomic E-state index is 15.1. The summed E-state index contributed by atoms with van der Waals surface area (Å²) in [5.74, 6) is -1.50. The minimum absolute atomic E-state index is 0.0270. The number of nitriles is 2. The van der Waals surface area contributed by atoms with Crippen LogP contribution in [0.3, 0.4) is 0 Å². The molecule has 0 bridgehead atoms. The third-order valence-electron chi connectivity index (χ3n) is 12.9. The number of nitrogens with zero attached hydrogens (tertiary/aromatic N) is 5. The summed E-state index contributed by atoms with van der Waals surface area (Å²) in [5, 5.41) is 24.8. The molecule has 2 N–H and O–H groups in total. The molecule has 362 valence electrons. The van der Waals surface area contributed by atoms with Crippen LogP contribution >= 0.6 is 19.4 Å². The number of hydrogen-bond donors (Lipinski definition) is 1. The molecule has 2 unspecified atom stereocenters. The number of para-hydroxylation sites is 1. The van der Waals surface area contributed by atoms with Gasteiger partial charge in [-0.25, -0.2) is 18.5 Å². The Morgan fingerprint density at radius 2 is 1.57 bits per heavy atom. The Morgan fingerprint density at radius 1 is 0.910 bits per heavy atom. The Balaban J connectivity index is 0.993. The van der Waals surface area contributed by atoms with Crippen molar-refractivity contribution in [2.45, 2.75) is 184 Å². The molecule has 1 saturated carbocycles. The van der Waals surface area contributed by atoms with Gasteiger partial charge < -0.3 is 29.2 Å². The summed E-state index contributed by atoms with van der Waals surface area (Å²) in [6.07, 6.45) is 19.2. The van der Waals surface area contributed by atoms with Gasteiger partial charge in [0, 0.05) is 0 Å². The largest absolute Gasteiger partial charge is 0.530 e. The average Bonchev–Trinajstić information content (AvgIpc) is 3.62. The molecule has 3 aliphatic rings. The fraction of sp³-hybridized carbons (Fsp3) is 0.600. The molecule has 4 aromatic rings. The molecule has 7 atom stereocenters. The normalized spacial score (nSPS) is 23.8. The van der Waals surface area contributed by atoms with E-state index in [-0.39, 0.29) is 35.4 Å². The number of phosphoric acid groups is 1. The van der Waals surface area contributed by atoms with Gasteiger partial charge in [0.05, 0.1) is 41.7 Å². The van der Waals surface area contributed by atoms with Crippen LogP contribution in [0.15, 0.2) is 60.9 Å². The molecule has 17 heteroatoms. The smallest absolute Gasteiger partial charge is 0.402 e. The maximum atomic E-state index is 15.1. The SMILES string of the molecule is CCCCCCCCCCCCCCCCCCC[C@H](COP(=O)(Oc1ccccc1Cl)OC1[C@H]2O[C@@](C#N)(c3ccc4c(N)ncnn34)[C@@H]3OC(C)(C)O[C@]123)OCc1cc(F)cc(C#N)c1. The molecule has 2 aromatic carbocycles. The van der Waals surface area contributed by atoms with Crippen LogP contribution in [0.2, 0.25) is 5.02 Å². The second-order valence-electron chi connectivity index (χ2n) is 18.5. The van der Waals surface area contributed by atoms with Crippen LogP contribution in [0, 0.1) is 28.5 Å². The fourth-order valence-corrected chi connectivity index (χ4v) is 11.2. The van der Waals surface area contributed by atoms with Crippen molar-refractivity contribution in [2.75, 3.05) is 12.3 Å². The van der Waals surface area contributed by atoms with Gasteiger partial charge in [-0.1, -0.05) is 140 Å². The zero-order valence-electron chi connectivity index (χ0n) is 39.0. The zero-order valence-corrected chi connectivity index (χ0v) is 40.7. The van der Waals surface area contributed by atoms with Crippen molar-refractivity contribution in [3.8, 4) is 17.9 Å². The number of halogens is 2. The third kappa shape index (κ3) is 12.2. The molecule has 0 amide bonds. The molecule has 1 aliphatic carbocycles. The van der Waals surface area contributed by atoms with Crippen molar-refractivity contribution in [1.29, 1.82) is 10.5 Å². The maximum Gasteiger partial charge on any atom is 0.530 e. The number of aromatic nitrogens is 3. The molecule has 14 nitrogen and oxygen atoms in total. The van der Waals surface area contributed by atoms with E-state index in [2.05, 4.69) is 23.1 Å². The van der Waals surface area contributed by atoms with Crippen molar-refractivity contribution in [3.63, 3.8) is 0 Å². The van der Waals surface area contributed by atoms with Crippen LogP contribution in [0.5, 0.6) is 5.75 Å². The highest BCUT2D eigenvalue weighted by Crippen LogP contribution is 2.70. The summed E-state index contributed by atoms with van der Waals surface area (Å²) in [6, 6.07) is 18.2. The van der Waals surface area contributed by atoms with Gasteiger partial charge in [0.2, 0.25) is 5.60 Å². The van der Waals surface area contributed by atoms with E-state index in [1.54, 1.807) is 56.3 Å². The molecular weight excluding hydrogens is 898 g/mol. The molecule has 0 radical (unpaired) electrons. The lowest BCUT2D eigenvalue weighted by Gasteiger charge is -2.31. The van der Waals surface area contributed by atoms with Gasteiger partial charge in [0.25, 0.3) is 0 Å². The number of nitrogens with two attached hydrogens (primary N) is 1. The number of rotatable bonds is 29. The lowest BCUT2D eigenvalue weighted by Crippen LogP contribution is -2.46. The Bertz CT molecular complexity index is 2410. The Morgan fingerprint density at radius 3 is 2.21 bits per heavy atom. The van der Waals surface area contributed by atoms with Crippen molar-refractivity contribution >= 4 is 30.8 Å². The zero-order chi connectivity index (χ0) is 47.5. The van der Waals surface area contributed by atoms with E-state index >= 15 is 4.57 Å². The first-order valence-corrected chi connectivity index (χ1v) is 25.9. The summed E-state index contributed by atoms with van der Waals surface area (Å²) in [7, 11) is -4.62. The van der Waals surface area contributed by atoms with Gasteiger partial charge >= 0.3 is 7.82 Å². The molecule has 7 rings (SSSR count). The van der Waals surface area contributed by atoms with E-state index < -0.39 is 55.0 Å². The summed E-state index contributed by atoms with van der Waals surface area (Å²) in [6.45, 7) is 5.41. The van der Waals surface area contributed by atoms with E-state index in [0.29, 0.717) is 23.2 Å². The third-order valence-corrected chi connectivity index (χ3v) is 14.6. The first-order valence-electron chi connectivity index (χ1n) is 24.1. The molecule has 67 heavy (non-hydrogen) atoms. The summed E-state index contributed by atoms with van der Waals surface area (Å²) >= 11 is 6.52. The van der Waals surface area contributed by atoms with E-state index in [9.17, 15) is 14.9 Å². The van der Waals surface area contributed by atoms with Crippen molar-refractivity contribution in [3.05, 3.63) is 88.6 Å². The molecule has 4 heterocycles. The van der Waals surface area contributed by atoms with Crippen molar-refractivity contribution in [2.24, 2.45) is 0 Å². The van der Waals surface area contributed by atoms with Crippen LogP contribution in [0.4, 0.5) is 10.2 Å². The molecular formula is C50H65ClFN6O8P. The van der Waals surface area contributed by atoms with Gasteiger partial charge in [0.1, 0.15) is 47.8 Å². The van der Waals surface area contributed by atoms with Crippen LogP contribution < -0.4 is 10.3 Å². The van der Waals surface area contributed by atoms with E-state index in [1.807, 2.05) is 6.07 Å². The summed E-state index contributed by atoms with van der Waals surface area (Å²) < 4.78 is 75.4. The van der Waals surface area contributed by atoms with Crippen LogP contribution in [0.1, 0.15) is 153 Å². The second-order valence-corrected chi connectivity index (χ2v) is 20.5. The van der Waals surface area contributed by atoms with Gasteiger partial charge in [-0.2, -0.15) is 15.6 Å². The van der Waals surface area contributed by atoms with Crippen molar-refractivity contribution < 1.29 is 41.5 Å². The predicted octanol–water partition coefficient (Wildman–Crippen LogP) is 12.2. The van der Waals surface area contributed by atoms with Crippen LogP contribution in [0.25, 0.3) is 5.52 Å². The number of unbranched alkanes of at least 4 members (excludes halogenated alkanes) is 16. The molecule has 1 spiro atoms.